The highest BCUT2D eigenvalue weighted by molar-refractivity contribution is 5.97. The number of amides is 1. The van der Waals surface area contributed by atoms with Gasteiger partial charge in [-0.25, -0.2) is 4.98 Å². The lowest BCUT2D eigenvalue weighted by molar-refractivity contribution is 0.100. The molecular weight excluding hydrogens is 216 g/mol. The lowest BCUT2D eigenvalue weighted by Gasteiger charge is -2.18. The number of pyridine rings is 1. The minimum Gasteiger partial charge on any atom is -0.368 e. The van der Waals surface area contributed by atoms with Gasteiger partial charge in [-0.3, -0.25) is 4.79 Å². The van der Waals surface area contributed by atoms with Gasteiger partial charge in [0.15, 0.2) is 0 Å². The van der Waals surface area contributed by atoms with Crippen LogP contribution in [-0.4, -0.2) is 42.0 Å². The molecule has 1 rings (SSSR count). The first-order valence-electron chi connectivity index (χ1n) is 5.90. The lowest BCUT2D eigenvalue weighted by Crippen LogP contribution is -2.29. The molecule has 0 saturated carbocycles. The summed E-state index contributed by atoms with van der Waals surface area (Å²) in [5.41, 5.74) is 5.71. The van der Waals surface area contributed by atoms with Gasteiger partial charge in [0.1, 0.15) is 5.82 Å². The highest BCUT2D eigenvalue weighted by Gasteiger charge is 2.08. The van der Waals surface area contributed by atoms with Gasteiger partial charge in [-0.15, -0.1) is 0 Å². The minimum atomic E-state index is -0.455. The lowest BCUT2D eigenvalue weighted by atomic mass is 10.2. The van der Waals surface area contributed by atoms with Crippen LogP contribution in [0, 0.1) is 0 Å². The third-order valence-corrected chi connectivity index (χ3v) is 2.69. The summed E-state index contributed by atoms with van der Waals surface area (Å²) in [4.78, 5) is 17.6. The Morgan fingerprint density at radius 2 is 2.18 bits per heavy atom. The van der Waals surface area contributed by atoms with E-state index in [2.05, 4.69) is 29.0 Å². The summed E-state index contributed by atoms with van der Waals surface area (Å²) >= 11 is 0. The molecule has 5 heteroatoms. The van der Waals surface area contributed by atoms with Crippen LogP contribution in [0.4, 0.5) is 5.82 Å². The van der Waals surface area contributed by atoms with E-state index < -0.39 is 5.91 Å². The molecule has 17 heavy (non-hydrogen) atoms. The molecule has 0 atom stereocenters. The standard InChI is InChI=1S/C12H20N4O/c1-3-16(4-2)9-8-15-12-10(11(13)17)6-5-7-14-12/h5-7H,3-4,8-9H2,1-2H3,(H2,13,17)(H,14,15). The molecule has 0 aliphatic heterocycles. The van der Waals surface area contributed by atoms with Gasteiger partial charge in [0.2, 0.25) is 0 Å². The first-order chi connectivity index (χ1) is 8.19. The highest BCUT2D eigenvalue weighted by Crippen LogP contribution is 2.09. The van der Waals surface area contributed by atoms with Gasteiger partial charge in [0, 0.05) is 19.3 Å². The molecule has 94 valence electrons. The van der Waals surface area contributed by atoms with Crippen molar-refractivity contribution in [2.24, 2.45) is 5.73 Å². The summed E-state index contributed by atoms with van der Waals surface area (Å²) in [7, 11) is 0. The van der Waals surface area contributed by atoms with Gasteiger partial charge < -0.3 is 16.0 Å². The maximum atomic E-state index is 11.2. The Kier molecular flexibility index (Phi) is 5.42. The molecule has 0 unspecified atom stereocenters. The molecule has 1 heterocycles. The first kappa shape index (κ1) is 13.4. The quantitative estimate of drug-likeness (QED) is 0.739. The summed E-state index contributed by atoms with van der Waals surface area (Å²) in [6.07, 6.45) is 1.65. The second-order valence-electron chi connectivity index (χ2n) is 3.72. The van der Waals surface area contributed by atoms with E-state index in [4.69, 9.17) is 5.73 Å². The summed E-state index contributed by atoms with van der Waals surface area (Å²) in [6.45, 7) is 7.95. The fraction of sp³-hybridized carbons (Fsp3) is 0.500. The monoisotopic (exact) mass is 236 g/mol. The number of anilines is 1. The maximum Gasteiger partial charge on any atom is 0.252 e. The van der Waals surface area contributed by atoms with Gasteiger partial charge in [-0.2, -0.15) is 0 Å². The topological polar surface area (TPSA) is 71.2 Å². The molecule has 0 aromatic carbocycles. The van der Waals surface area contributed by atoms with Gasteiger partial charge in [-0.1, -0.05) is 13.8 Å². The van der Waals surface area contributed by atoms with Crippen molar-refractivity contribution >= 4 is 11.7 Å². The largest absolute Gasteiger partial charge is 0.368 e. The summed E-state index contributed by atoms with van der Waals surface area (Å²) in [5.74, 6) is 0.107. The van der Waals surface area contributed by atoms with Gasteiger partial charge >= 0.3 is 0 Å². The van der Waals surface area contributed by atoms with Crippen LogP contribution in [0.3, 0.4) is 0 Å². The van der Waals surface area contributed by atoms with Crippen LogP contribution in [0.1, 0.15) is 24.2 Å². The van der Waals surface area contributed by atoms with E-state index in [1.807, 2.05) is 0 Å². The van der Waals surface area contributed by atoms with E-state index in [0.29, 0.717) is 11.4 Å². The Hall–Kier alpha value is -1.62. The van der Waals surface area contributed by atoms with Crippen LogP contribution in [0.2, 0.25) is 0 Å². The smallest absolute Gasteiger partial charge is 0.252 e. The number of rotatable bonds is 7. The normalized spacial score (nSPS) is 10.5. The molecule has 1 aromatic rings. The number of likely N-dealkylation sites (N-methyl/N-ethyl adjacent to an activating group) is 1. The highest BCUT2D eigenvalue weighted by atomic mass is 16.1. The van der Waals surface area contributed by atoms with E-state index in [9.17, 15) is 4.79 Å². The summed E-state index contributed by atoms with van der Waals surface area (Å²) < 4.78 is 0. The fourth-order valence-electron chi connectivity index (χ4n) is 1.62. The number of carbonyl (C=O) groups excluding carboxylic acids is 1. The molecule has 0 bridgehead atoms. The van der Waals surface area contributed by atoms with E-state index in [1.165, 1.54) is 0 Å². The number of nitrogens with two attached hydrogens (primary N) is 1. The fourth-order valence-corrected chi connectivity index (χ4v) is 1.62. The van der Waals surface area contributed by atoms with Crippen molar-refractivity contribution in [2.45, 2.75) is 13.8 Å². The van der Waals surface area contributed by atoms with Crippen molar-refractivity contribution in [2.75, 3.05) is 31.5 Å². The molecule has 1 aromatic heterocycles. The van der Waals surface area contributed by atoms with Crippen molar-refractivity contribution in [1.29, 1.82) is 0 Å². The van der Waals surface area contributed by atoms with Crippen LogP contribution in [-0.2, 0) is 0 Å². The van der Waals surface area contributed by atoms with Crippen LogP contribution in [0.5, 0.6) is 0 Å². The number of carbonyl (C=O) groups is 1. The average Bonchev–Trinajstić information content (AvgIpc) is 2.35. The number of hydrogen-bond acceptors (Lipinski definition) is 4. The van der Waals surface area contributed by atoms with Crippen molar-refractivity contribution in [3.8, 4) is 0 Å². The minimum absolute atomic E-state index is 0.437. The zero-order valence-electron chi connectivity index (χ0n) is 10.4. The molecule has 5 nitrogen and oxygen atoms in total. The predicted molar refractivity (Wildman–Crippen MR) is 69.0 cm³/mol. The van der Waals surface area contributed by atoms with Crippen LogP contribution < -0.4 is 11.1 Å². The van der Waals surface area contributed by atoms with E-state index in [-0.39, 0.29) is 0 Å². The zero-order chi connectivity index (χ0) is 12.7. The number of hydrogen-bond donors (Lipinski definition) is 2. The summed E-state index contributed by atoms with van der Waals surface area (Å²) in [6, 6.07) is 3.38. The Morgan fingerprint density at radius 3 is 2.76 bits per heavy atom. The number of nitrogens with one attached hydrogen (secondary N) is 1. The van der Waals surface area contributed by atoms with Crippen LogP contribution in [0.25, 0.3) is 0 Å². The van der Waals surface area contributed by atoms with Gasteiger partial charge in [0.05, 0.1) is 5.56 Å². The van der Waals surface area contributed by atoms with Crippen molar-refractivity contribution in [3.63, 3.8) is 0 Å². The third kappa shape index (κ3) is 4.03. The third-order valence-electron chi connectivity index (χ3n) is 2.69. The van der Waals surface area contributed by atoms with Crippen LogP contribution >= 0.6 is 0 Å². The van der Waals surface area contributed by atoms with E-state index in [0.717, 1.165) is 26.2 Å². The molecule has 0 radical (unpaired) electrons. The second kappa shape index (κ2) is 6.85. The number of nitrogens with zero attached hydrogens (tertiary/aromatic N) is 2. The first-order valence-corrected chi connectivity index (χ1v) is 5.90. The molecular formula is C12H20N4O. The second-order valence-corrected chi connectivity index (χ2v) is 3.72. The van der Waals surface area contributed by atoms with Gasteiger partial charge in [0.25, 0.3) is 5.91 Å². The average molecular weight is 236 g/mol. The Balaban J connectivity index is 2.54. The molecule has 1 amide bonds. The number of aromatic nitrogens is 1. The Bertz CT molecular complexity index is 363. The van der Waals surface area contributed by atoms with Crippen molar-refractivity contribution in [3.05, 3.63) is 23.9 Å². The predicted octanol–water partition coefficient (Wildman–Crippen LogP) is 0.934. The molecule has 0 aliphatic rings. The number of primary amides is 1. The molecule has 3 N–H and O–H groups in total. The SMILES string of the molecule is CCN(CC)CCNc1ncccc1C(N)=O. The van der Waals surface area contributed by atoms with Crippen molar-refractivity contribution < 1.29 is 4.79 Å². The molecule has 0 spiro atoms. The zero-order valence-corrected chi connectivity index (χ0v) is 10.4. The van der Waals surface area contributed by atoms with E-state index >= 15 is 0 Å². The maximum absolute atomic E-state index is 11.2. The van der Waals surface area contributed by atoms with Crippen molar-refractivity contribution in [1.82, 2.24) is 9.88 Å². The Labute approximate surface area is 102 Å². The molecule has 0 saturated heterocycles. The molecule has 0 aliphatic carbocycles. The summed E-state index contributed by atoms with van der Waals surface area (Å²) in [5, 5.41) is 3.14. The van der Waals surface area contributed by atoms with Crippen LogP contribution in [0.15, 0.2) is 18.3 Å². The van der Waals surface area contributed by atoms with Gasteiger partial charge in [-0.05, 0) is 25.2 Å². The Morgan fingerprint density at radius 1 is 1.47 bits per heavy atom. The van der Waals surface area contributed by atoms with E-state index in [1.54, 1.807) is 18.3 Å². The molecule has 0 fully saturated rings.